The SMILES string of the molecule is C[C@@H]1CCCCN1c1cc(N2CCCC[C@@H]2C)c([N+](=O)[O-])cc1/C=N/NC(=O)c1ccc([N+](=O)[O-])cc1. The molecule has 2 aromatic rings. The fourth-order valence-electron chi connectivity index (χ4n) is 5.18. The van der Waals surface area contributed by atoms with E-state index in [0.717, 1.165) is 57.3 Å². The molecule has 0 spiro atoms. The van der Waals surface area contributed by atoms with Crippen molar-refractivity contribution in [2.24, 2.45) is 5.10 Å². The van der Waals surface area contributed by atoms with Crippen LogP contribution in [0.4, 0.5) is 22.7 Å². The van der Waals surface area contributed by atoms with Crippen LogP contribution in [-0.4, -0.2) is 47.1 Å². The largest absolute Gasteiger partial charge is 0.368 e. The summed E-state index contributed by atoms with van der Waals surface area (Å²) in [6.07, 6.45) is 7.73. The van der Waals surface area contributed by atoms with E-state index in [1.165, 1.54) is 30.5 Å². The van der Waals surface area contributed by atoms with E-state index in [-0.39, 0.29) is 33.9 Å². The van der Waals surface area contributed by atoms with Crippen LogP contribution in [0.25, 0.3) is 0 Å². The van der Waals surface area contributed by atoms with E-state index in [4.69, 9.17) is 0 Å². The molecule has 2 heterocycles. The molecule has 2 aromatic carbocycles. The Labute approximate surface area is 215 Å². The maximum absolute atomic E-state index is 12.5. The molecule has 2 aliphatic heterocycles. The Morgan fingerprint density at radius 3 is 2.05 bits per heavy atom. The van der Waals surface area contributed by atoms with Crippen LogP contribution in [-0.2, 0) is 0 Å². The molecule has 0 radical (unpaired) electrons. The highest BCUT2D eigenvalue weighted by molar-refractivity contribution is 5.96. The second kappa shape index (κ2) is 11.4. The number of piperidine rings is 2. The molecule has 0 saturated carbocycles. The molecule has 4 rings (SSSR count). The summed E-state index contributed by atoms with van der Waals surface area (Å²) < 4.78 is 0. The summed E-state index contributed by atoms with van der Waals surface area (Å²) in [4.78, 5) is 39.0. The van der Waals surface area contributed by atoms with Crippen LogP contribution >= 0.6 is 0 Å². The topological polar surface area (TPSA) is 134 Å². The van der Waals surface area contributed by atoms with Crippen molar-refractivity contribution in [1.82, 2.24) is 5.43 Å². The molecule has 0 bridgehead atoms. The summed E-state index contributed by atoms with van der Waals surface area (Å²) >= 11 is 0. The summed E-state index contributed by atoms with van der Waals surface area (Å²) in [6.45, 7) is 5.87. The molecule has 37 heavy (non-hydrogen) atoms. The highest BCUT2D eigenvalue weighted by Crippen LogP contribution is 2.39. The normalized spacial score (nSPS) is 20.2. The Kier molecular flexibility index (Phi) is 8.00. The number of nitrogens with zero attached hydrogens (tertiary/aromatic N) is 5. The van der Waals surface area contributed by atoms with Gasteiger partial charge in [-0.1, -0.05) is 0 Å². The third-order valence-electron chi connectivity index (χ3n) is 7.26. The van der Waals surface area contributed by atoms with Gasteiger partial charge in [0.25, 0.3) is 17.3 Å². The van der Waals surface area contributed by atoms with Crippen molar-refractivity contribution in [2.75, 3.05) is 22.9 Å². The first-order valence-corrected chi connectivity index (χ1v) is 12.7. The lowest BCUT2D eigenvalue weighted by atomic mass is 9.98. The number of hydrogen-bond acceptors (Lipinski definition) is 8. The molecule has 2 saturated heterocycles. The van der Waals surface area contributed by atoms with Gasteiger partial charge in [0, 0.05) is 60.2 Å². The van der Waals surface area contributed by atoms with Crippen molar-refractivity contribution in [2.45, 2.75) is 64.5 Å². The lowest BCUT2D eigenvalue weighted by molar-refractivity contribution is -0.384. The van der Waals surface area contributed by atoms with E-state index < -0.39 is 10.8 Å². The average Bonchev–Trinajstić information content (AvgIpc) is 2.89. The number of rotatable bonds is 7. The van der Waals surface area contributed by atoms with E-state index >= 15 is 0 Å². The van der Waals surface area contributed by atoms with Gasteiger partial charge in [-0.25, -0.2) is 5.43 Å². The molecule has 196 valence electrons. The first-order valence-electron chi connectivity index (χ1n) is 12.7. The number of amides is 1. The average molecular weight is 509 g/mol. The van der Waals surface area contributed by atoms with Crippen molar-refractivity contribution in [3.05, 3.63) is 67.8 Å². The molecule has 2 fully saturated rings. The summed E-state index contributed by atoms with van der Waals surface area (Å²) in [7, 11) is 0. The number of non-ortho nitro benzene ring substituents is 1. The number of carbonyl (C=O) groups is 1. The number of benzene rings is 2. The Bertz CT molecular complexity index is 1200. The molecular weight excluding hydrogens is 476 g/mol. The highest BCUT2D eigenvalue weighted by Gasteiger charge is 2.30. The zero-order valence-corrected chi connectivity index (χ0v) is 21.1. The number of nitro groups is 2. The Morgan fingerprint density at radius 2 is 1.51 bits per heavy atom. The zero-order valence-electron chi connectivity index (χ0n) is 21.1. The van der Waals surface area contributed by atoms with Gasteiger partial charge in [0.15, 0.2) is 0 Å². The summed E-state index contributed by atoms with van der Waals surface area (Å²) in [5.74, 6) is -0.535. The maximum Gasteiger partial charge on any atom is 0.293 e. The Hall–Kier alpha value is -4.02. The Balaban J connectivity index is 1.67. The third-order valence-corrected chi connectivity index (χ3v) is 7.26. The number of nitrogens with one attached hydrogen (secondary N) is 1. The van der Waals surface area contributed by atoms with Gasteiger partial charge in [-0.2, -0.15) is 5.10 Å². The fourth-order valence-corrected chi connectivity index (χ4v) is 5.18. The fraction of sp³-hybridized carbons (Fsp3) is 0.462. The van der Waals surface area contributed by atoms with Crippen molar-refractivity contribution in [3.63, 3.8) is 0 Å². The number of carbonyl (C=O) groups excluding carboxylic acids is 1. The molecule has 0 aromatic heterocycles. The van der Waals surface area contributed by atoms with Gasteiger partial charge in [0.05, 0.1) is 16.1 Å². The first-order chi connectivity index (χ1) is 17.8. The standard InChI is InChI=1S/C26H32N6O5/c1-18-7-3-5-13-29(18)23-16-24(30-14-6-4-8-19(30)2)25(32(36)37)15-21(23)17-27-28-26(33)20-9-11-22(12-10-20)31(34)35/h9-12,15-19H,3-8,13-14H2,1-2H3,(H,28,33)/b27-17+/t18-,19+/m1/s1. The smallest absolute Gasteiger partial charge is 0.293 e. The van der Waals surface area contributed by atoms with E-state index in [1.54, 1.807) is 6.07 Å². The molecule has 11 heteroatoms. The van der Waals surface area contributed by atoms with Crippen LogP contribution in [0.15, 0.2) is 41.5 Å². The quantitative estimate of drug-likeness (QED) is 0.315. The van der Waals surface area contributed by atoms with Crippen LogP contribution in [0.3, 0.4) is 0 Å². The summed E-state index contributed by atoms with van der Waals surface area (Å²) in [5, 5.41) is 27.1. The monoisotopic (exact) mass is 508 g/mol. The van der Waals surface area contributed by atoms with Gasteiger partial charge < -0.3 is 9.80 Å². The lowest BCUT2D eigenvalue weighted by Crippen LogP contribution is -2.40. The van der Waals surface area contributed by atoms with Gasteiger partial charge in [0.1, 0.15) is 5.69 Å². The van der Waals surface area contributed by atoms with E-state index in [0.29, 0.717) is 11.3 Å². The van der Waals surface area contributed by atoms with Crippen molar-refractivity contribution in [1.29, 1.82) is 0 Å². The van der Waals surface area contributed by atoms with Crippen LogP contribution in [0.5, 0.6) is 0 Å². The van der Waals surface area contributed by atoms with E-state index in [9.17, 15) is 25.0 Å². The number of anilines is 2. The Morgan fingerprint density at radius 1 is 0.919 bits per heavy atom. The highest BCUT2D eigenvalue weighted by atomic mass is 16.6. The maximum atomic E-state index is 12.5. The van der Waals surface area contributed by atoms with Crippen LogP contribution < -0.4 is 15.2 Å². The second-order valence-electron chi connectivity index (χ2n) is 9.74. The van der Waals surface area contributed by atoms with Gasteiger partial charge in [-0.3, -0.25) is 25.0 Å². The number of nitro benzene ring substituents is 2. The summed E-state index contributed by atoms with van der Waals surface area (Å²) in [5.41, 5.74) is 4.59. The zero-order chi connectivity index (χ0) is 26.5. The predicted molar refractivity (Wildman–Crippen MR) is 143 cm³/mol. The molecule has 0 aliphatic carbocycles. The summed E-state index contributed by atoms with van der Waals surface area (Å²) in [6, 6.07) is 9.14. The molecule has 1 N–H and O–H groups in total. The van der Waals surface area contributed by atoms with Gasteiger partial charge >= 0.3 is 0 Å². The van der Waals surface area contributed by atoms with Crippen molar-refractivity contribution < 1.29 is 14.6 Å². The van der Waals surface area contributed by atoms with Crippen molar-refractivity contribution >= 4 is 34.9 Å². The molecule has 2 aliphatic rings. The van der Waals surface area contributed by atoms with Crippen molar-refractivity contribution in [3.8, 4) is 0 Å². The minimum absolute atomic E-state index is 0.0188. The van der Waals surface area contributed by atoms with Gasteiger partial charge in [0.2, 0.25) is 0 Å². The second-order valence-corrected chi connectivity index (χ2v) is 9.74. The van der Waals surface area contributed by atoms with Crippen LogP contribution in [0, 0.1) is 20.2 Å². The number of hydrazone groups is 1. The lowest BCUT2D eigenvalue weighted by Gasteiger charge is -2.39. The molecule has 2 atom stereocenters. The third kappa shape index (κ3) is 5.87. The predicted octanol–water partition coefficient (Wildman–Crippen LogP) is 5.02. The number of hydrogen-bond donors (Lipinski definition) is 1. The molecular formula is C26H32N6O5. The minimum atomic E-state index is -0.538. The molecule has 0 unspecified atom stereocenters. The van der Waals surface area contributed by atoms with Gasteiger partial charge in [-0.05, 0) is 70.6 Å². The first kappa shape index (κ1) is 26.1. The minimum Gasteiger partial charge on any atom is -0.368 e. The van der Waals surface area contributed by atoms with Gasteiger partial charge in [-0.15, -0.1) is 0 Å². The van der Waals surface area contributed by atoms with E-state index in [1.807, 2.05) is 6.07 Å². The van der Waals surface area contributed by atoms with Crippen LogP contribution in [0.1, 0.15) is 68.3 Å². The van der Waals surface area contributed by atoms with E-state index in [2.05, 4.69) is 34.2 Å². The van der Waals surface area contributed by atoms with Crippen LogP contribution in [0.2, 0.25) is 0 Å². The molecule has 11 nitrogen and oxygen atoms in total. The molecule has 1 amide bonds.